The van der Waals surface area contributed by atoms with Crippen molar-refractivity contribution < 1.29 is 4.79 Å². The van der Waals surface area contributed by atoms with Gasteiger partial charge in [0.1, 0.15) is 5.01 Å². The number of aromatic nitrogens is 2. The summed E-state index contributed by atoms with van der Waals surface area (Å²) in [6.07, 6.45) is 3.67. The van der Waals surface area contributed by atoms with Gasteiger partial charge in [0.15, 0.2) is 0 Å². The first kappa shape index (κ1) is 13.3. The molecule has 1 N–H and O–H groups in total. The highest BCUT2D eigenvalue weighted by molar-refractivity contribution is 7.15. The van der Waals surface area contributed by atoms with Crippen molar-refractivity contribution in [2.24, 2.45) is 0 Å². The van der Waals surface area contributed by atoms with Crippen LogP contribution < -0.4 is 5.32 Å². The zero-order valence-electron chi connectivity index (χ0n) is 11.0. The van der Waals surface area contributed by atoms with Crippen LogP contribution in [0.25, 0.3) is 0 Å². The second-order valence-corrected chi connectivity index (χ2v) is 5.64. The van der Waals surface area contributed by atoms with Gasteiger partial charge in [0.2, 0.25) is 11.0 Å². The van der Waals surface area contributed by atoms with Crippen LogP contribution in [0.15, 0.2) is 0 Å². The molecular formula is C12H20N4OS. The lowest BCUT2D eigenvalue weighted by Crippen LogP contribution is -2.30. The number of nitrogens with zero attached hydrogens (tertiary/aromatic N) is 3. The summed E-state index contributed by atoms with van der Waals surface area (Å²) < 4.78 is 0. The molecule has 1 aromatic rings. The van der Waals surface area contributed by atoms with E-state index in [9.17, 15) is 4.79 Å². The minimum atomic E-state index is 0.239. The van der Waals surface area contributed by atoms with Gasteiger partial charge in [-0.25, -0.2) is 0 Å². The van der Waals surface area contributed by atoms with E-state index in [0.717, 1.165) is 42.5 Å². The fourth-order valence-electron chi connectivity index (χ4n) is 2.13. The molecule has 0 aromatic carbocycles. The minimum Gasteiger partial charge on any atom is -0.355 e. The molecule has 100 valence electrons. The van der Waals surface area contributed by atoms with Crippen LogP contribution >= 0.6 is 11.3 Å². The van der Waals surface area contributed by atoms with E-state index in [4.69, 9.17) is 0 Å². The van der Waals surface area contributed by atoms with Gasteiger partial charge in [0.25, 0.3) is 0 Å². The number of rotatable bonds is 5. The molecule has 1 saturated heterocycles. The van der Waals surface area contributed by atoms with Crippen LogP contribution in [0.2, 0.25) is 0 Å². The van der Waals surface area contributed by atoms with Crippen molar-refractivity contribution in [1.29, 1.82) is 0 Å². The average molecular weight is 268 g/mol. The van der Waals surface area contributed by atoms with Gasteiger partial charge in [-0.05, 0) is 12.8 Å². The number of aryl methyl sites for hydroxylation is 1. The van der Waals surface area contributed by atoms with Crippen LogP contribution in [0.5, 0.6) is 0 Å². The Kier molecular flexibility index (Phi) is 4.52. The standard InChI is InChI=1S/C12H20N4OS/c1-3-5-10-14-15-12(18-10)13-9-6-7-16(8-9)11(17)4-2/h9H,3-8H2,1-2H3,(H,13,15). The monoisotopic (exact) mass is 268 g/mol. The molecule has 1 amide bonds. The van der Waals surface area contributed by atoms with Gasteiger partial charge in [-0.15, -0.1) is 10.2 Å². The fraction of sp³-hybridized carbons (Fsp3) is 0.750. The van der Waals surface area contributed by atoms with E-state index in [1.807, 2.05) is 11.8 Å². The van der Waals surface area contributed by atoms with Crippen LogP contribution in [0.1, 0.15) is 38.1 Å². The maximum absolute atomic E-state index is 11.6. The molecule has 1 unspecified atom stereocenters. The van der Waals surface area contributed by atoms with Gasteiger partial charge in [-0.2, -0.15) is 0 Å². The van der Waals surface area contributed by atoms with E-state index in [1.54, 1.807) is 11.3 Å². The Morgan fingerprint density at radius 3 is 3.06 bits per heavy atom. The normalized spacial score (nSPS) is 19.2. The Bertz CT molecular complexity index is 407. The summed E-state index contributed by atoms with van der Waals surface area (Å²) in [5.74, 6) is 0.239. The van der Waals surface area contributed by atoms with Crippen LogP contribution in [-0.4, -0.2) is 40.1 Å². The molecule has 2 heterocycles. The molecule has 1 aliphatic rings. The van der Waals surface area contributed by atoms with Gasteiger partial charge in [-0.1, -0.05) is 25.2 Å². The highest BCUT2D eigenvalue weighted by Crippen LogP contribution is 2.20. The summed E-state index contributed by atoms with van der Waals surface area (Å²) >= 11 is 1.62. The number of anilines is 1. The third-order valence-corrected chi connectivity index (χ3v) is 4.02. The van der Waals surface area contributed by atoms with E-state index in [0.29, 0.717) is 12.5 Å². The second kappa shape index (κ2) is 6.13. The number of hydrogen-bond acceptors (Lipinski definition) is 5. The molecular weight excluding hydrogens is 248 g/mol. The summed E-state index contributed by atoms with van der Waals surface area (Å²) in [6.45, 7) is 5.69. The number of carbonyl (C=O) groups excluding carboxylic acids is 1. The summed E-state index contributed by atoms with van der Waals surface area (Å²) in [7, 11) is 0. The molecule has 0 aliphatic carbocycles. The predicted octanol–water partition coefficient (Wildman–Crippen LogP) is 1.91. The summed E-state index contributed by atoms with van der Waals surface area (Å²) in [4.78, 5) is 13.5. The summed E-state index contributed by atoms with van der Waals surface area (Å²) in [6, 6.07) is 0.322. The molecule has 5 nitrogen and oxygen atoms in total. The van der Waals surface area contributed by atoms with Crippen LogP contribution in [0, 0.1) is 0 Å². The molecule has 0 radical (unpaired) electrons. The van der Waals surface area contributed by atoms with Gasteiger partial charge in [-0.3, -0.25) is 4.79 Å². The largest absolute Gasteiger partial charge is 0.355 e. The topological polar surface area (TPSA) is 58.1 Å². The lowest BCUT2D eigenvalue weighted by molar-refractivity contribution is -0.129. The van der Waals surface area contributed by atoms with Crippen LogP contribution in [0.3, 0.4) is 0 Å². The molecule has 1 aromatic heterocycles. The Hall–Kier alpha value is -1.17. The first-order chi connectivity index (χ1) is 8.72. The fourth-order valence-corrected chi connectivity index (χ4v) is 3.05. The van der Waals surface area contributed by atoms with E-state index in [-0.39, 0.29) is 5.91 Å². The highest BCUT2D eigenvalue weighted by Gasteiger charge is 2.25. The molecule has 0 bridgehead atoms. The van der Waals surface area contributed by atoms with E-state index in [2.05, 4.69) is 22.4 Å². The SMILES string of the molecule is CCCc1nnc(NC2CCN(C(=O)CC)C2)s1. The quantitative estimate of drug-likeness (QED) is 0.886. The van der Waals surface area contributed by atoms with E-state index < -0.39 is 0 Å². The molecule has 6 heteroatoms. The maximum atomic E-state index is 11.6. The third kappa shape index (κ3) is 3.19. The number of likely N-dealkylation sites (tertiary alicyclic amines) is 1. The lowest BCUT2D eigenvalue weighted by Gasteiger charge is -2.15. The Morgan fingerprint density at radius 1 is 1.50 bits per heavy atom. The van der Waals surface area contributed by atoms with Crippen molar-refractivity contribution in [1.82, 2.24) is 15.1 Å². The molecule has 1 fully saturated rings. The average Bonchev–Trinajstić information content (AvgIpc) is 2.99. The number of amides is 1. The van der Waals surface area contributed by atoms with Gasteiger partial charge in [0, 0.05) is 32.0 Å². The van der Waals surface area contributed by atoms with Crippen molar-refractivity contribution in [3.8, 4) is 0 Å². The number of nitrogens with one attached hydrogen (secondary N) is 1. The molecule has 1 aliphatic heterocycles. The van der Waals surface area contributed by atoms with Crippen LogP contribution in [-0.2, 0) is 11.2 Å². The molecule has 18 heavy (non-hydrogen) atoms. The Balaban J connectivity index is 1.85. The highest BCUT2D eigenvalue weighted by atomic mass is 32.1. The van der Waals surface area contributed by atoms with E-state index >= 15 is 0 Å². The molecule has 1 atom stereocenters. The smallest absolute Gasteiger partial charge is 0.222 e. The van der Waals surface area contributed by atoms with Crippen LogP contribution in [0.4, 0.5) is 5.13 Å². The first-order valence-corrected chi connectivity index (χ1v) is 7.41. The van der Waals surface area contributed by atoms with Gasteiger partial charge in [0.05, 0.1) is 0 Å². The minimum absolute atomic E-state index is 0.239. The van der Waals surface area contributed by atoms with Crippen molar-refractivity contribution in [2.75, 3.05) is 18.4 Å². The third-order valence-electron chi connectivity index (χ3n) is 3.10. The number of carbonyl (C=O) groups is 1. The molecule has 2 rings (SSSR count). The predicted molar refractivity (Wildman–Crippen MR) is 72.8 cm³/mol. The number of hydrogen-bond donors (Lipinski definition) is 1. The van der Waals surface area contributed by atoms with Crippen molar-refractivity contribution in [2.45, 2.75) is 45.6 Å². The van der Waals surface area contributed by atoms with E-state index in [1.165, 1.54) is 0 Å². The first-order valence-electron chi connectivity index (χ1n) is 6.59. The lowest BCUT2D eigenvalue weighted by atomic mass is 10.3. The van der Waals surface area contributed by atoms with Gasteiger partial charge < -0.3 is 10.2 Å². The zero-order valence-corrected chi connectivity index (χ0v) is 11.8. The molecule has 0 saturated carbocycles. The summed E-state index contributed by atoms with van der Waals surface area (Å²) in [5.41, 5.74) is 0. The zero-order chi connectivity index (χ0) is 13.0. The second-order valence-electron chi connectivity index (χ2n) is 4.57. The van der Waals surface area contributed by atoms with Crippen molar-refractivity contribution >= 4 is 22.4 Å². The Labute approximate surface area is 112 Å². The Morgan fingerprint density at radius 2 is 2.33 bits per heavy atom. The molecule has 0 spiro atoms. The van der Waals surface area contributed by atoms with Crippen molar-refractivity contribution in [3.63, 3.8) is 0 Å². The summed E-state index contributed by atoms with van der Waals surface area (Å²) in [5, 5.41) is 13.6. The van der Waals surface area contributed by atoms with Gasteiger partial charge >= 0.3 is 0 Å². The maximum Gasteiger partial charge on any atom is 0.222 e. The van der Waals surface area contributed by atoms with Crippen molar-refractivity contribution in [3.05, 3.63) is 5.01 Å².